The third-order valence-electron chi connectivity index (χ3n) is 6.23. The van der Waals surface area contributed by atoms with Crippen LogP contribution in [0.1, 0.15) is 39.5 Å². The van der Waals surface area contributed by atoms with E-state index in [1.807, 2.05) is 0 Å². The van der Waals surface area contributed by atoms with Crippen molar-refractivity contribution < 1.29 is 9.47 Å². The molecule has 0 unspecified atom stereocenters. The van der Waals surface area contributed by atoms with E-state index in [1.165, 1.54) is 21.8 Å². The van der Waals surface area contributed by atoms with Crippen molar-refractivity contribution in [2.75, 3.05) is 0 Å². The molecule has 5 rings (SSSR count). The summed E-state index contributed by atoms with van der Waals surface area (Å²) in [6.07, 6.45) is -0.363. The summed E-state index contributed by atoms with van der Waals surface area (Å²) in [7, 11) is 0. The maximum absolute atomic E-state index is 6.27. The summed E-state index contributed by atoms with van der Waals surface area (Å²) in [6, 6.07) is 25.6. The molecule has 28 heavy (non-hydrogen) atoms. The number of hydrogen-bond acceptors (Lipinski definition) is 2. The number of rotatable bonds is 2. The minimum Gasteiger partial charge on any atom is -0.339 e. The lowest BCUT2D eigenvalue weighted by atomic mass is 9.90. The first-order valence-electron chi connectivity index (χ1n) is 9.82. The second-order valence-corrected chi connectivity index (χ2v) is 8.55. The zero-order chi connectivity index (χ0) is 19.5. The fourth-order valence-electron chi connectivity index (χ4n) is 3.99. The highest BCUT2D eigenvalue weighted by molar-refractivity contribution is 6.09. The molecule has 4 aromatic rings. The number of nitrogens with zero attached hydrogens (tertiary/aromatic N) is 1. The van der Waals surface area contributed by atoms with Crippen molar-refractivity contribution in [2.45, 2.75) is 45.2 Å². The highest BCUT2D eigenvalue weighted by atomic mass is 16.7. The molecule has 0 amide bonds. The zero-order valence-electron chi connectivity index (χ0n) is 16.8. The molecule has 2 heterocycles. The van der Waals surface area contributed by atoms with Crippen molar-refractivity contribution in [1.82, 2.24) is 4.57 Å². The molecular formula is C25H25NO2. The average Bonchev–Trinajstić information content (AvgIpc) is 3.12. The van der Waals surface area contributed by atoms with E-state index in [9.17, 15) is 0 Å². The molecule has 0 radical (unpaired) electrons. The van der Waals surface area contributed by atoms with Crippen LogP contribution in [0.4, 0.5) is 0 Å². The maximum Gasteiger partial charge on any atom is 0.185 e. The highest BCUT2D eigenvalue weighted by Gasteiger charge is 2.49. The fourth-order valence-corrected chi connectivity index (χ4v) is 3.99. The van der Waals surface area contributed by atoms with Crippen LogP contribution in [-0.4, -0.2) is 15.8 Å². The van der Waals surface area contributed by atoms with E-state index in [4.69, 9.17) is 9.47 Å². The van der Waals surface area contributed by atoms with Crippen LogP contribution in [0.3, 0.4) is 0 Å². The van der Waals surface area contributed by atoms with E-state index < -0.39 is 0 Å². The molecule has 0 saturated carbocycles. The van der Waals surface area contributed by atoms with Gasteiger partial charge in [-0.1, -0.05) is 48.5 Å². The molecule has 0 aliphatic carbocycles. The van der Waals surface area contributed by atoms with Crippen molar-refractivity contribution >= 4 is 21.8 Å². The van der Waals surface area contributed by atoms with Crippen molar-refractivity contribution in [3.05, 3.63) is 78.4 Å². The standard InChI is InChI=1S/C25H25NO2/c1-24(2)25(3,4)28-23(27-24)17-10-9-11-18(16-17)26-21-14-7-5-12-19(21)20-13-6-8-15-22(20)26/h5-16,23H,1-4H3. The minimum absolute atomic E-state index is 0.347. The number of para-hydroxylation sites is 2. The number of fused-ring (bicyclic) bond motifs is 3. The van der Waals surface area contributed by atoms with Gasteiger partial charge in [0, 0.05) is 22.0 Å². The van der Waals surface area contributed by atoms with Gasteiger partial charge >= 0.3 is 0 Å². The normalized spacial score (nSPS) is 18.9. The monoisotopic (exact) mass is 371 g/mol. The number of benzene rings is 3. The predicted molar refractivity (Wildman–Crippen MR) is 114 cm³/mol. The second kappa shape index (κ2) is 5.94. The lowest BCUT2D eigenvalue weighted by Gasteiger charge is -2.30. The van der Waals surface area contributed by atoms with E-state index in [1.54, 1.807) is 0 Å². The van der Waals surface area contributed by atoms with Crippen LogP contribution in [0.5, 0.6) is 0 Å². The average molecular weight is 371 g/mol. The van der Waals surface area contributed by atoms with Crippen LogP contribution in [-0.2, 0) is 9.47 Å². The lowest BCUT2D eigenvalue weighted by Crippen LogP contribution is -2.41. The summed E-state index contributed by atoms with van der Waals surface area (Å²) in [5.74, 6) is 0. The SMILES string of the molecule is CC1(C)OC(c2cccc(-n3c4ccccc4c4ccccc43)c2)OC1(C)C. The van der Waals surface area contributed by atoms with Gasteiger partial charge in [0.1, 0.15) is 0 Å². The van der Waals surface area contributed by atoms with Gasteiger partial charge in [-0.3, -0.25) is 0 Å². The lowest BCUT2D eigenvalue weighted by molar-refractivity contribution is -0.0895. The Bertz CT molecular complexity index is 1120. The first-order chi connectivity index (χ1) is 13.4. The van der Waals surface area contributed by atoms with Gasteiger partial charge in [0.05, 0.1) is 22.2 Å². The number of ether oxygens (including phenoxy) is 2. The topological polar surface area (TPSA) is 23.4 Å². The molecule has 1 aliphatic rings. The molecular weight excluding hydrogens is 346 g/mol. The van der Waals surface area contributed by atoms with Crippen LogP contribution in [0.25, 0.3) is 27.5 Å². The quantitative estimate of drug-likeness (QED) is 0.408. The number of hydrogen-bond donors (Lipinski definition) is 0. The van der Waals surface area contributed by atoms with Crippen LogP contribution >= 0.6 is 0 Å². The van der Waals surface area contributed by atoms with Crippen LogP contribution in [0, 0.1) is 0 Å². The van der Waals surface area contributed by atoms with E-state index in [2.05, 4.69) is 105 Å². The number of aromatic nitrogens is 1. The molecule has 1 aromatic heterocycles. The van der Waals surface area contributed by atoms with Crippen LogP contribution in [0.15, 0.2) is 72.8 Å². The van der Waals surface area contributed by atoms with E-state index in [0.717, 1.165) is 11.3 Å². The van der Waals surface area contributed by atoms with Gasteiger partial charge in [0.25, 0.3) is 0 Å². The minimum atomic E-state index is -0.363. The van der Waals surface area contributed by atoms with Gasteiger partial charge < -0.3 is 14.0 Å². The van der Waals surface area contributed by atoms with Gasteiger partial charge in [-0.2, -0.15) is 0 Å². The highest BCUT2D eigenvalue weighted by Crippen LogP contribution is 2.45. The van der Waals surface area contributed by atoms with Gasteiger partial charge in [-0.05, 0) is 52.0 Å². The maximum atomic E-state index is 6.27. The Hall–Kier alpha value is -2.62. The molecule has 0 atom stereocenters. The molecule has 3 nitrogen and oxygen atoms in total. The molecule has 0 bridgehead atoms. The third kappa shape index (κ3) is 2.50. The molecule has 1 fully saturated rings. The second-order valence-electron chi connectivity index (χ2n) is 8.55. The first kappa shape index (κ1) is 17.5. The van der Waals surface area contributed by atoms with Crippen molar-refractivity contribution in [3.63, 3.8) is 0 Å². The molecule has 3 aromatic carbocycles. The summed E-state index contributed by atoms with van der Waals surface area (Å²) in [4.78, 5) is 0. The smallest absolute Gasteiger partial charge is 0.185 e. The van der Waals surface area contributed by atoms with Gasteiger partial charge in [0.15, 0.2) is 6.29 Å². The van der Waals surface area contributed by atoms with E-state index in [-0.39, 0.29) is 17.5 Å². The Labute approximate surface area is 165 Å². The molecule has 0 N–H and O–H groups in total. The summed E-state index contributed by atoms with van der Waals surface area (Å²) >= 11 is 0. The largest absolute Gasteiger partial charge is 0.339 e. The molecule has 0 spiro atoms. The van der Waals surface area contributed by atoms with Gasteiger partial charge in [0.2, 0.25) is 0 Å². The summed E-state index contributed by atoms with van der Waals surface area (Å²) < 4.78 is 14.9. The van der Waals surface area contributed by atoms with Crippen molar-refractivity contribution in [3.8, 4) is 5.69 Å². The van der Waals surface area contributed by atoms with E-state index >= 15 is 0 Å². The Kier molecular flexibility index (Phi) is 3.71. The Morgan fingerprint density at radius 3 is 1.79 bits per heavy atom. The van der Waals surface area contributed by atoms with Crippen molar-refractivity contribution in [1.29, 1.82) is 0 Å². The third-order valence-corrected chi connectivity index (χ3v) is 6.23. The van der Waals surface area contributed by atoms with Crippen molar-refractivity contribution in [2.24, 2.45) is 0 Å². The summed E-state index contributed by atoms with van der Waals surface area (Å²) in [5.41, 5.74) is 3.87. The zero-order valence-corrected chi connectivity index (χ0v) is 16.8. The molecule has 3 heteroatoms. The Morgan fingerprint density at radius 1 is 0.679 bits per heavy atom. The van der Waals surface area contributed by atoms with Crippen LogP contribution in [0.2, 0.25) is 0 Å². The first-order valence-corrected chi connectivity index (χ1v) is 9.82. The van der Waals surface area contributed by atoms with Gasteiger partial charge in [-0.15, -0.1) is 0 Å². The van der Waals surface area contributed by atoms with E-state index in [0.29, 0.717) is 0 Å². The molecule has 1 saturated heterocycles. The van der Waals surface area contributed by atoms with Crippen LogP contribution < -0.4 is 0 Å². The Balaban J connectivity index is 1.67. The fraction of sp³-hybridized carbons (Fsp3) is 0.280. The van der Waals surface area contributed by atoms with Gasteiger partial charge in [-0.25, -0.2) is 0 Å². The Morgan fingerprint density at radius 2 is 1.21 bits per heavy atom. The predicted octanol–water partition coefficient (Wildman–Crippen LogP) is 6.39. The molecule has 1 aliphatic heterocycles. The summed E-state index contributed by atoms with van der Waals surface area (Å²) in [5, 5.41) is 2.53. The summed E-state index contributed by atoms with van der Waals surface area (Å²) in [6.45, 7) is 8.35. The molecule has 142 valence electrons.